The van der Waals surface area contributed by atoms with Crippen molar-refractivity contribution in [2.45, 2.75) is 139 Å². The lowest BCUT2D eigenvalue weighted by Gasteiger charge is -2.12. The summed E-state index contributed by atoms with van der Waals surface area (Å²) >= 11 is 6.66. The number of pyridine rings is 2. The summed E-state index contributed by atoms with van der Waals surface area (Å²) in [5.74, 6) is 1.85. The van der Waals surface area contributed by atoms with E-state index in [1.54, 1.807) is 30.5 Å². The lowest BCUT2D eigenvalue weighted by Crippen LogP contribution is -2.09. The van der Waals surface area contributed by atoms with Crippen LogP contribution in [0, 0.1) is 25.5 Å². The van der Waals surface area contributed by atoms with E-state index in [1.165, 1.54) is 13.2 Å². The Bertz CT molecular complexity index is 2680. The molecule has 14 heteroatoms. The van der Waals surface area contributed by atoms with Crippen molar-refractivity contribution in [2.75, 3.05) is 7.11 Å². The van der Waals surface area contributed by atoms with Crippen molar-refractivity contribution in [1.82, 2.24) is 30.1 Å². The molecule has 7 rings (SSSR count). The molecule has 0 radical (unpaired) electrons. The van der Waals surface area contributed by atoms with Crippen LogP contribution in [0.5, 0.6) is 5.75 Å². The van der Waals surface area contributed by atoms with Gasteiger partial charge in [-0.3, -0.25) is 4.98 Å². The average Bonchev–Trinajstić information content (AvgIpc) is 3.33. The van der Waals surface area contributed by atoms with Crippen LogP contribution in [-0.2, 0) is 6.18 Å². The third-order valence-electron chi connectivity index (χ3n) is 10.6. The maximum Gasteiger partial charge on any atom is 0.433 e. The molecule has 0 saturated heterocycles. The number of benzene rings is 3. The van der Waals surface area contributed by atoms with Crippen molar-refractivity contribution in [3.05, 3.63) is 193 Å². The van der Waals surface area contributed by atoms with E-state index >= 15 is 0 Å². The molecule has 0 unspecified atom stereocenters. The summed E-state index contributed by atoms with van der Waals surface area (Å²) < 4.78 is 70.9. The molecule has 0 aliphatic rings. The van der Waals surface area contributed by atoms with Gasteiger partial charge in [-0.15, -0.1) is 0 Å². The fourth-order valence-corrected chi connectivity index (χ4v) is 6.89. The molecule has 0 spiro atoms. The first-order valence-corrected chi connectivity index (χ1v) is 25.5. The Kier molecular flexibility index (Phi) is 27.1. The Labute approximate surface area is 442 Å². The minimum absolute atomic E-state index is 0.0160. The first kappa shape index (κ1) is 62.6. The second-order valence-electron chi connectivity index (χ2n) is 18.5. The first-order valence-electron chi connectivity index (χ1n) is 23.9. The molecule has 0 bridgehead atoms. The van der Waals surface area contributed by atoms with Crippen LogP contribution in [0.2, 0.25) is 0 Å². The Hall–Kier alpha value is -5.47. The summed E-state index contributed by atoms with van der Waals surface area (Å²) in [4.78, 5) is 16.3. The standard InChI is InChI=1S/C16H17F.C10H13FO.C9H10F3N.C8H11BrN2.C8H10BrN.C7H10N2/c1-11(2)13-9-6-10-15(16(13)17)14-8-5-4-7-12(14)3;1-7(2)8-5-4-6-9(12-3)10(8)11;1-6(2)7-4-3-5-8(13-7)9(10,11)12;1-5(2)7-4-10-6(3)8(9)11-7;1-6(2)7-4-3-5-8(9)10-7;1-6(2)7-4-3-5-8-9-7/h4-11H,1-3H3;4-7H,1-3H3;3-6H,1-2H3;4-5H,1-3H3;3-6H,1-2H3;3-6H,1-2H3. The number of methoxy groups -OCH3 is 1. The fourth-order valence-electron chi connectivity index (χ4n) is 6.23. The number of rotatable bonds is 8. The lowest BCUT2D eigenvalue weighted by molar-refractivity contribution is -0.141. The van der Waals surface area contributed by atoms with Gasteiger partial charge in [0.25, 0.3) is 0 Å². The molecule has 0 atom stereocenters. The SMILES string of the molecule is CC(C)c1cccc(Br)n1.CC(C)c1cccc(C(F)(F)F)n1.CC(C)c1cccnn1.COc1cccc(C(C)C)c1F.Cc1ccccc1-c1cccc(C(C)C)c1F.Cc1ncc(C(C)C)nc1Br. The maximum atomic E-state index is 14.4. The van der Waals surface area contributed by atoms with Crippen molar-refractivity contribution in [1.29, 1.82) is 0 Å². The zero-order valence-electron chi connectivity index (χ0n) is 44.2. The van der Waals surface area contributed by atoms with Gasteiger partial charge >= 0.3 is 6.18 Å². The number of ether oxygens (including phenoxy) is 1. The van der Waals surface area contributed by atoms with Gasteiger partial charge in [-0.2, -0.15) is 23.4 Å². The molecule has 72 heavy (non-hydrogen) atoms. The summed E-state index contributed by atoms with van der Waals surface area (Å²) in [7, 11) is 1.47. The molecule has 3 aromatic carbocycles. The van der Waals surface area contributed by atoms with Crippen molar-refractivity contribution >= 4 is 31.9 Å². The lowest BCUT2D eigenvalue weighted by atomic mass is 9.94. The van der Waals surface area contributed by atoms with Gasteiger partial charge in [-0.25, -0.2) is 23.7 Å². The van der Waals surface area contributed by atoms with Gasteiger partial charge in [0.15, 0.2) is 11.6 Å². The maximum absolute atomic E-state index is 14.4. The van der Waals surface area contributed by atoms with Crippen LogP contribution >= 0.6 is 31.9 Å². The third-order valence-corrected chi connectivity index (χ3v) is 11.8. The van der Waals surface area contributed by atoms with Crippen LogP contribution < -0.4 is 4.74 Å². The quantitative estimate of drug-likeness (QED) is 0.111. The van der Waals surface area contributed by atoms with Gasteiger partial charge in [0, 0.05) is 29.3 Å². The highest BCUT2D eigenvalue weighted by atomic mass is 79.9. The zero-order valence-corrected chi connectivity index (χ0v) is 47.4. The van der Waals surface area contributed by atoms with E-state index in [4.69, 9.17) is 4.74 Å². The van der Waals surface area contributed by atoms with Crippen LogP contribution in [-0.4, -0.2) is 37.2 Å². The number of nitrogens with zero attached hydrogens (tertiary/aromatic N) is 6. The summed E-state index contributed by atoms with van der Waals surface area (Å²) in [6.07, 6.45) is -0.832. The van der Waals surface area contributed by atoms with E-state index in [2.05, 4.69) is 104 Å². The van der Waals surface area contributed by atoms with E-state index in [1.807, 2.05) is 134 Å². The van der Waals surface area contributed by atoms with E-state index in [0.29, 0.717) is 40.3 Å². The normalized spacial score (nSPS) is 10.8. The van der Waals surface area contributed by atoms with Crippen molar-refractivity contribution in [3.63, 3.8) is 0 Å². The number of halogens is 7. The number of aromatic nitrogens is 6. The van der Waals surface area contributed by atoms with E-state index in [-0.39, 0.29) is 29.4 Å². The minimum atomic E-state index is -4.34. The first-order chi connectivity index (χ1) is 33.8. The molecule has 0 aliphatic heterocycles. The molecule has 7 nitrogen and oxygen atoms in total. The second kappa shape index (κ2) is 31.2. The molecular weight excluding hydrogens is 1050 g/mol. The van der Waals surface area contributed by atoms with Crippen LogP contribution in [0.15, 0.2) is 131 Å². The molecule has 388 valence electrons. The summed E-state index contributed by atoms with van der Waals surface area (Å²) in [6.45, 7) is 28.2. The molecular formula is C58H71Br2F5N6O. The van der Waals surface area contributed by atoms with Crippen molar-refractivity contribution in [2.24, 2.45) is 0 Å². The van der Waals surface area contributed by atoms with Crippen molar-refractivity contribution < 1.29 is 26.7 Å². The molecule has 0 fully saturated rings. The van der Waals surface area contributed by atoms with Crippen LogP contribution in [0.3, 0.4) is 0 Å². The zero-order chi connectivity index (χ0) is 54.3. The van der Waals surface area contributed by atoms with E-state index in [0.717, 1.165) is 54.7 Å². The fraction of sp³-hybridized carbons (Fsp3) is 0.379. The van der Waals surface area contributed by atoms with Crippen LogP contribution in [0.4, 0.5) is 22.0 Å². The van der Waals surface area contributed by atoms with Gasteiger partial charge in [0.1, 0.15) is 20.7 Å². The topological polar surface area (TPSA) is 86.6 Å². The molecule has 4 heterocycles. The minimum Gasteiger partial charge on any atom is -0.494 e. The number of aryl methyl sites for hydroxylation is 2. The second-order valence-corrected chi connectivity index (χ2v) is 20.0. The summed E-state index contributed by atoms with van der Waals surface area (Å²) in [5, 5.41) is 7.68. The van der Waals surface area contributed by atoms with Gasteiger partial charge in [0.2, 0.25) is 0 Å². The Morgan fingerprint density at radius 3 is 1.46 bits per heavy atom. The van der Waals surface area contributed by atoms with Gasteiger partial charge in [0.05, 0.1) is 24.2 Å². The Balaban J connectivity index is 0.000000300. The number of hydrogen-bond donors (Lipinski definition) is 0. The molecule has 0 saturated carbocycles. The summed E-state index contributed by atoms with van der Waals surface area (Å²) in [5.41, 5.74) is 8.08. The average molecular weight is 1120 g/mol. The highest BCUT2D eigenvalue weighted by Crippen LogP contribution is 2.31. The highest BCUT2D eigenvalue weighted by Gasteiger charge is 2.32. The van der Waals surface area contributed by atoms with Crippen molar-refractivity contribution in [3.8, 4) is 16.9 Å². The van der Waals surface area contributed by atoms with Gasteiger partial charge < -0.3 is 4.74 Å². The van der Waals surface area contributed by atoms with E-state index in [9.17, 15) is 22.0 Å². The molecule has 0 aliphatic carbocycles. The van der Waals surface area contributed by atoms with Gasteiger partial charge in [-0.05, 0) is 146 Å². The smallest absolute Gasteiger partial charge is 0.433 e. The van der Waals surface area contributed by atoms with E-state index < -0.39 is 11.9 Å². The predicted octanol–water partition coefficient (Wildman–Crippen LogP) is 18.3. The Morgan fingerprint density at radius 1 is 0.500 bits per heavy atom. The van der Waals surface area contributed by atoms with Crippen LogP contribution in [0.25, 0.3) is 11.1 Å². The molecule has 0 N–H and O–H groups in total. The Morgan fingerprint density at radius 2 is 1.00 bits per heavy atom. The highest BCUT2D eigenvalue weighted by molar-refractivity contribution is 9.10. The largest absolute Gasteiger partial charge is 0.494 e. The van der Waals surface area contributed by atoms with Gasteiger partial charge in [-0.1, -0.05) is 150 Å². The van der Waals surface area contributed by atoms with Crippen LogP contribution in [0.1, 0.15) is 169 Å². The number of hydrogen-bond acceptors (Lipinski definition) is 7. The third kappa shape index (κ3) is 21.3. The predicted molar refractivity (Wildman–Crippen MR) is 292 cm³/mol. The molecule has 0 amide bonds. The monoisotopic (exact) mass is 1120 g/mol. The summed E-state index contributed by atoms with van der Waals surface area (Å²) in [6, 6.07) is 32.6. The molecule has 4 aromatic heterocycles. The number of alkyl halides is 3. The molecule has 7 aromatic rings.